The van der Waals surface area contributed by atoms with Crippen LogP contribution in [-0.4, -0.2) is 17.2 Å². The Morgan fingerprint density at radius 1 is 1.38 bits per heavy atom. The van der Waals surface area contributed by atoms with Gasteiger partial charge in [-0.05, 0) is 39.4 Å². The Morgan fingerprint density at radius 3 is 2.69 bits per heavy atom. The lowest BCUT2D eigenvalue weighted by Gasteiger charge is -2.17. The van der Waals surface area contributed by atoms with Crippen LogP contribution >= 0.6 is 0 Å². The highest BCUT2D eigenvalue weighted by Gasteiger charge is 2.26. The number of furan rings is 1. The molecule has 2 aromatic rings. The topological polar surface area (TPSA) is 64.1 Å². The summed E-state index contributed by atoms with van der Waals surface area (Å²) in [6.07, 6.45) is 1.61. The fourth-order valence-corrected chi connectivity index (χ4v) is 1.28. The first-order valence-electron chi connectivity index (χ1n) is 5.12. The lowest BCUT2D eigenvalue weighted by atomic mass is 10.1. The Hall–Kier alpha value is -1.62. The molecule has 0 aromatic carbocycles. The second-order valence-corrected chi connectivity index (χ2v) is 4.23. The summed E-state index contributed by atoms with van der Waals surface area (Å²) >= 11 is 0. The van der Waals surface area contributed by atoms with Gasteiger partial charge in [0.2, 0.25) is 11.7 Å². The third-order valence-corrected chi connectivity index (χ3v) is 2.65. The number of aromatic nitrogens is 2. The number of hydrogen-bond donors (Lipinski definition) is 1. The van der Waals surface area contributed by atoms with Crippen molar-refractivity contribution in [2.75, 3.05) is 7.05 Å². The van der Waals surface area contributed by atoms with E-state index in [4.69, 9.17) is 8.94 Å². The van der Waals surface area contributed by atoms with E-state index in [-0.39, 0.29) is 5.54 Å². The smallest absolute Gasteiger partial charge is 0.246 e. The van der Waals surface area contributed by atoms with Gasteiger partial charge in [0.25, 0.3) is 0 Å². The van der Waals surface area contributed by atoms with Crippen LogP contribution in [0.5, 0.6) is 0 Å². The summed E-state index contributed by atoms with van der Waals surface area (Å²) in [7, 11) is 1.85. The van der Waals surface area contributed by atoms with Crippen LogP contribution in [0.15, 0.2) is 21.3 Å². The molecule has 2 heterocycles. The van der Waals surface area contributed by atoms with Gasteiger partial charge < -0.3 is 14.3 Å². The summed E-state index contributed by atoms with van der Waals surface area (Å²) < 4.78 is 10.5. The molecule has 5 heteroatoms. The van der Waals surface area contributed by atoms with Gasteiger partial charge in [0.1, 0.15) is 0 Å². The Labute approximate surface area is 93.8 Å². The van der Waals surface area contributed by atoms with E-state index in [1.165, 1.54) is 0 Å². The molecule has 0 spiro atoms. The van der Waals surface area contributed by atoms with Crippen molar-refractivity contribution in [2.24, 2.45) is 0 Å². The monoisotopic (exact) mass is 221 g/mol. The normalized spacial score (nSPS) is 12.0. The fourth-order valence-electron chi connectivity index (χ4n) is 1.28. The molecular formula is C11H15N3O2. The zero-order valence-electron chi connectivity index (χ0n) is 9.87. The maximum Gasteiger partial charge on any atom is 0.246 e. The minimum atomic E-state index is -0.342. The van der Waals surface area contributed by atoms with Crippen LogP contribution in [0.2, 0.25) is 0 Å². The third-order valence-electron chi connectivity index (χ3n) is 2.65. The van der Waals surface area contributed by atoms with Crippen LogP contribution in [0.1, 0.15) is 25.3 Å². The molecule has 86 valence electrons. The van der Waals surface area contributed by atoms with Crippen LogP contribution in [0.4, 0.5) is 0 Å². The van der Waals surface area contributed by atoms with E-state index in [1.807, 2.05) is 33.9 Å². The van der Waals surface area contributed by atoms with Crippen molar-refractivity contribution >= 4 is 0 Å². The average molecular weight is 221 g/mol. The van der Waals surface area contributed by atoms with E-state index in [9.17, 15) is 0 Å². The maximum absolute atomic E-state index is 5.30. The lowest BCUT2D eigenvalue weighted by Crippen LogP contribution is -2.33. The highest BCUT2D eigenvalue weighted by molar-refractivity contribution is 5.51. The molecule has 0 atom stereocenters. The first kappa shape index (κ1) is 10.9. The predicted octanol–water partition coefficient (Wildman–Crippen LogP) is 2.09. The first-order chi connectivity index (χ1) is 7.54. The number of nitrogens with zero attached hydrogens (tertiary/aromatic N) is 2. The van der Waals surface area contributed by atoms with Gasteiger partial charge in [-0.1, -0.05) is 5.16 Å². The molecule has 2 rings (SSSR count). The lowest BCUT2D eigenvalue weighted by molar-refractivity contribution is 0.280. The fraction of sp³-hybridized carbons (Fsp3) is 0.455. The summed E-state index contributed by atoms with van der Waals surface area (Å²) in [6.45, 7) is 5.89. The minimum Gasteiger partial charge on any atom is -0.461 e. The van der Waals surface area contributed by atoms with Gasteiger partial charge in [0.15, 0.2) is 5.76 Å². The molecule has 0 fully saturated rings. The van der Waals surface area contributed by atoms with Crippen molar-refractivity contribution in [2.45, 2.75) is 26.3 Å². The van der Waals surface area contributed by atoms with Gasteiger partial charge in [-0.2, -0.15) is 4.98 Å². The largest absolute Gasteiger partial charge is 0.461 e. The molecular weight excluding hydrogens is 206 g/mol. The SMILES string of the molecule is CNC(C)(C)c1nc(-c2occc2C)no1. The molecule has 5 nitrogen and oxygen atoms in total. The van der Waals surface area contributed by atoms with Gasteiger partial charge in [-0.25, -0.2) is 0 Å². The highest BCUT2D eigenvalue weighted by atomic mass is 16.5. The van der Waals surface area contributed by atoms with Crippen LogP contribution in [-0.2, 0) is 5.54 Å². The summed E-state index contributed by atoms with van der Waals surface area (Å²) in [6, 6.07) is 1.87. The Bertz CT molecular complexity index is 485. The summed E-state index contributed by atoms with van der Waals surface area (Å²) in [5, 5.41) is 7.02. The van der Waals surface area contributed by atoms with Crippen molar-refractivity contribution in [1.29, 1.82) is 0 Å². The van der Waals surface area contributed by atoms with Gasteiger partial charge in [0.05, 0.1) is 11.8 Å². The van der Waals surface area contributed by atoms with Crippen LogP contribution < -0.4 is 5.32 Å². The number of nitrogens with one attached hydrogen (secondary N) is 1. The maximum atomic E-state index is 5.30. The Balaban J connectivity index is 2.37. The number of rotatable bonds is 3. The predicted molar refractivity (Wildman–Crippen MR) is 58.8 cm³/mol. The highest BCUT2D eigenvalue weighted by Crippen LogP contribution is 2.24. The number of aryl methyl sites for hydroxylation is 1. The second kappa shape index (κ2) is 3.75. The summed E-state index contributed by atoms with van der Waals surface area (Å²) in [4.78, 5) is 4.32. The van der Waals surface area contributed by atoms with E-state index in [2.05, 4.69) is 15.5 Å². The molecule has 16 heavy (non-hydrogen) atoms. The Morgan fingerprint density at radius 2 is 2.12 bits per heavy atom. The molecule has 0 unspecified atom stereocenters. The second-order valence-electron chi connectivity index (χ2n) is 4.23. The standard InChI is InChI=1S/C11H15N3O2/c1-7-5-6-15-8(7)9-13-10(16-14-9)11(2,3)12-4/h5-6,12H,1-4H3. The molecule has 2 aromatic heterocycles. The van der Waals surface area contributed by atoms with Gasteiger partial charge in [0, 0.05) is 0 Å². The molecule has 0 amide bonds. The van der Waals surface area contributed by atoms with Crippen molar-refractivity contribution < 1.29 is 8.94 Å². The van der Waals surface area contributed by atoms with Crippen molar-refractivity contribution in [3.63, 3.8) is 0 Å². The van der Waals surface area contributed by atoms with E-state index < -0.39 is 0 Å². The zero-order valence-corrected chi connectivity index (χ0v) is 9.87. The molecule has 0 radical (unpaired) electrons. The summed E-state index contributed by atoms with van der Waals surface area (Å²) in [5.74, 6) is 1.68. The third kappa shape index (κ3) is 1.74. The Kier molecular flexibility index (Phi) is 2.55. The quantitative estimate of drug-likeness (QED) is 0.859. The van der Waals surface area contributed by atoms with Crippen LogP contribution in [0.25, 0.3) is 11.6 Å². The molecule has 0 saturated heterocycles. The molecule has 0 saturated carbocycles. The molecule has 0 aliphatic carbocycles. The van der Waals surface area contributed by atoms with Crippen molar-refractivity contribution in [1.82, 2.24) is 15.5 Å². The first-order valence-corrected chi connectivity index (χ1v) is 5.12. The minimum absolute atomic E-state index is 0.342. The van der Waals surface area contributed by atoms with E-state index >= 15 is 0 Å². The zero-order chi connectivity index (χ0) is 11.8. The molecule has 0 aliphatic rings. The van der Waals surface area contributed by atoms with E-state index in [1.54, 1.807) is 6.26 Å². The molecule has 0 aliphatic heterocycles. The average Bonchev–Trinajstić information content (AvgIpc) is 2.85. The van der Waals surface area contributed by atoms with Crippen LogP contribution in [0.3, 0.4) is 0 Å². The summed E-state index contributed by atoms with van der Waals surface area (Å²) in [5.41, 5.74) is 0.653. The van der Waals surface area contributed by atoms with Gasteiger partial charge in [-0.3, -0.25) is 0 Å². The van der Waals surface area contributed by atoms with E-state index in [0.29, 0.717) is 17.5 Å². The van der Waals surface area contributed by atoms with Gasteiger partial charge >= 0.3 is 0 Å². The van der Waals surface area contributed by atoms with Gasteiger partial charge in [-0.15, -0.1) is 0 Å². The molecule has 0 bridgehead atoms. The number of hydrogen-bond acceptors (Lipinski definition) is 5. The molecule has 1 N–H and O–H groups in total. The van der Waals surface area contributed by atoms with E-state index in [0.717, 1.165) is 5.56 Å². The van der Waals surface area contributed by atoms with Crippen molar-refractivity contribution in [3.8, 4) is 11.6 Å². The van der Waals surface area contributed by atoms with Crippen molar-refractivity contribution in [3.05, 3.63) is 23.8 Å². The van der Waals surface area contributed by atoms with Crippen LogP contribution in [0, 0.1) is 6.92 Å².